The Kier molecular flexibility index (Phi) is 2.32. The molecule has 66 valence electrons. The first-order valence-corrected chi connectivity index (χ1v) is 3.61. The molecule has 0 radical (unpaired) electrons. The minimum atomic E-state index is -0.142. The SMILES string of the molecule is CC(C)C(=O)Nc1nc(N)co1. The van der Waals surface area contributed by atoms with Gasteiger partial charge in [-0.15, -0.1) is 0 Å². The first-order chi connectivity index (χ1) is 5.59. The van der Waals surface area contributed by atoms with Gasteiger partial charge in [0.05, 0.1) is 0 Å². The molecule has 1 rings (SSSR count). The van der Waals surface area contributed by atoms with Crippen molar-refractivity contribution in [3.63, 3.8) is 0 Å². The molecule has 0 aliphatic carbocycles. The van der Waals surface area contributed by atoms with Crippen molar-refractivity contribution >= 4 is 17.7 Å². The quantitative estimate of drug-likeness (QED) is 0.687. The summed E-state index contributed by atoms with van der Waals surface area (Å²) in [7, 11) is 0. The van der Waals surface area contributed by atoms with Gasteiger partial charge in [0.15, 0.2) is 5.82 Å². The Morgan fingerprint density at radius 2 is 2.42 bits per heavy atom. The summed E-state index contributed by atoms with van der Waals surface area (Å²) < 4.78 is 4.82. The number of amides is 1. The van der Waals surface area contributed by atoms with Gasteiger partial charge in [-0.3, -0.25) is 10.1 Å². The lowest BCUT2D eigenvalue weighted by atomic mass is 10.2. The predicted molar refractivity (Wildman–Crippen MR) is 44.4 cm³/mol. The van der Waals surface area contributed by atoms with Crippen molar-refractivity contribution in [1.29, 1.82) is 0 Å². The van der Waals surface area contributed by atoms with Crippen LogP contribution in [0.5, 0.6) is 0 Å². The fourth-order valence-corrected chi connectivity index (χ4v) is 0.593. The molecule has 5 heteroatoms. The summed E-state index contributed by atoms with van der Waals surface area (Å²) in [6.45, 7) is 3.56. The molecular formula is C7H11N3O2. The number of aromatic nitrogens is 1. The minimum absolute atomic E-state index is 0.0990. The van der Waals surface area contributed by atoms with E-state index in [1.807, 2.05) is 0 Å². The molecule has 3 N–H and O–H groups in total. The fraction of sp³-hybridized carbons (Fsp3) is 0.429. The van der Waals surface area contributed by atoms with Crippen LogP contribution in [0.2, 0.25) is 0 Å². The fourth-order valence-electron chi connectivity index (χ4n) is 0.593. The number of nitrogens with two attached hydrogens (primary N) is 1. The monoisotopic (exact) mass is 169 g/mol. The molecule has 0 aliphatic rings. The molecule has 5 nitrogen and oxygen atoms in total. The number of nitrogens with one attached hydrogen (secondary N) is 1. The van der Waals surface area contributed by atoms with Crippen LogP contribution in [0, 0.1) is 5.92 Å². The largest absolute Gasteiger partial charge is 0.430 e. The molecule has 0 saturated carbocycles. The number of oxazole rings is 1. The maximum Gasteiger partial charge on any atom is 0.303 e. The van der Waals surface area contributed by atoms with Gasteiger partial charge in [-0.2, -0.15) is 4.98 Å². The van der Waals surface area contributed by atoms with Crippen molar-refractivity contribution in [1.82, 2.24) is 4.98 Å². The van der Waals surface area contributed by atoms with E-state index < -0.39 is 0 Å². The topological polar surface area (TPSA) is 81.2 Å². The Morgan fingerprint density at radius 3 is 2.83 bits per heavy atom. The van der Waals surface area contributed by atoms with Crippen molar-refractivity contribution in [2.75, 3.05) is 11.1 Å². The summed E-state index contributed by atoms with van der Waals surface area (Å²) in [6, 6.07) is 0.145. The Labute approximate surface area is 70.0 Å². The molecule has 0 saturated heterocycles. The van der Waals surface area contributed by atoms with Crippen LogP contribution >= 0.6 is 0 Å². The number of anilines is 2. The van der Waals surface area contributed by atoms with E-state index in [0.717, 1.165) is 0 Å². The van der Waals surface area contributed by atoms with E-state index in [1.54, 1.807) is 13.8 Å². The molecule has 0 unspecified atom stereocenters. The van der Waals surface area contributed by atoms with Crippen LogP contribution in [0.4, 0.5) is 11.8 Å². The lowest BCUT2D eigenvalue weighted by molar-refractivity contribution is -0.119. The number of hydrogen-bond donors (Lipinski definition) is 2. The van der Waals surface area contributed by atoms with Crippen LogP contribution in [-0.4, -0.2) is 10.9 Å². The highest BCUT2D eigenvalue weighted by Crippen LogP contribution is 2.09. The average molecular weight is 169 g/mol. The highest BCUT2D eigenvalue weighted by molar-refractivity contribution is 5.90. The summed E-state index contributed by atoms with van der Waals surface area (Å²) in [5.41, 5.74) is 5.27. The second-order valence-electron chi connectivity index (χ2n) is 2.72. The van der Waals surface area contributed by atoms with Crippen molar-refractivity contribution in [3.05, 3.63) is 6.26 Å². The van der Waals surface area contributed by atoms with Gasteiger partial charge in [-0.1, -0.05) is 13.8 Å². The van der Waals surface area contributed by atoms with Crippen molar-refractivity contribution in [2.24, 2.45) is 5.92 Å². The normalized spacial score (nSPS) is 10.2. The van der Waals surface area contributed by atoms with Crippen molar-refractivity contribution < 1.29 is 9.21 Å². The number of carbonyl (C=O) groups is 1. The standard InChI is InChI=1S/C7H11N3O2/c1-4(2)6(11)10-7-9-5(8)3-12-7/h3-4H,8H2,1-2H3,(H,9,10,11). The van der Waals surface area contributed by atoms with Crippen LogP contribution in [0.3, 0.4) is 0 Å². The zero-order valence-electron chi connectivity index (χ0n) is 7.00. The average Bonchev–Trinajstić information content (AvgIpc) is 2.35. The van der Waals surface area contributed by atoms with Crippen LogP contribution in [-0.2, 0) is 4.79 Å². The third kappa shape index (κ3) is 1.98. The molecule has 0 bridgehead atoms. The Morgan fingerprint density at radius 1 is 1.75 bits per heavy atom. The molecule has 0 spiro atoms. The van der Waals surface area contributed by atoms with Gasteiger partial charge in [-0.05, 0) is 0 Å². The highest BCUT2D eigenvalue weighted by Gasteiger charge is 2.09. The highest BCUT2D eigenvalue weighted by atomic mass is 16.4. The molecular weight excluding hydrogens is 158 g/mol. The predicted octanol–water partition coefficient (Wildman–Crippen LogP) is 0.851. The maximum atomic E-state index is 11.1. The van der Waals surface area contributed by atoms with Gasteiger partial charge in [0.25, 0.3) is 0 Å². The van der Waals surface area contributed by atoms with Crippen LogP contribution in [0.25, 0.3) is 0 Å². The maximum absolute atomic E-state index is 11.1. The summed E-state index contributed by atoms with van der Waals surface area (Å²) in [4.78, 5) is 14.8. The third-order valence-electron chi connectivity index (χ3n) is 1.28. The van der Waals surface area contributed by atoms with E-state index in [0.29, 0.717) is 0 Å². The molecule has 12 heavy (non-hydrogen) atoms. The van der Waals surface area contributed by atoms with Gasteiger partial charge < -0.3 is 10.2 Å². The van der Waals surface area contributed by atoms with E-state index in [9.17, 15) is 4.79 Å². The van der Waals surface area contributed by atoms with Gasteiger partial charge in [0.1, 0.15) is 6.26 Å². The Bertz CT molecular complexity index is 280. The van der Waals surface area contributed by atoms with Gasteiger partial charge in [-0.25, -0.2) is 0 Å². The van der Waals surface area contributed by atoms with Gasteiger partial charge in [0, 0.05) is 5.92 Å². The van der Waals surface area contributed by atoms with E-state index in [1.165, 1.54) is 6.26 Å². The van der Waals surface area contributed by atoms with E-state index in [2.05, 4.69) is 10.3 Å². The zero-order valence-corrected chi connectivity index (χ0v) is 7.00. The van der Waals surface area contributed by atoms with E-state index in [4.69, 9.17) is 10.2 Å². The van der Waals surface area contributed by atoms with Crippen LogP contribution in [0.15, 0.2) is 10.7 Å². The molecule has 1 aromatic heterocycles. The molecule has 1 amide bonds. The number of nitrogen functional groups attached to an aromatic ring is 1. The lowest BCUT2D eigenvalue weighted by Crippen LogP contribution is -2.17. The second kappa shape index (κ2) is 3.25. The van der Waals surface area contributed by atoms with Crippen molar-refractivity contribution in [2.45, 2.75) is 13.8 Å². The first-order valence-electron chi connectivity index (χ1n) is 3.61. The number of carbonyl (C=O) groups excluding carboxylic acids is 1. The van der Waals surface area contributed by atoms with E-state index in [-0.39, 0.29) is 23.7 Å². The Hall–Kier alpha value is -1.52. The summed E-state index contributed by atoms with van der Waals surface area (Å²) in [5.74, 6) is 0.0176. The summed E-state index contributed by atoms with van der Waals surface area (Å²) >= 11 is 0. The number of hydrogen-bond acceptors (Lipinski definition) is 4. The summed E-state index contributed by atoms with van der Waals surface area (Å²) in [5, 5.41) is 2.47. The molecule has 0 atom stereocenters. The molecule has 0 fully saturated rings. The molecule has 1 aromatic rings. The van der Waals surface area contributed by atoms with Crippen LogP contribution < -0.4 is 11.1 Å². The zero-order chi connectivity index (χ0) is 9.14. The minimum Gasteiger partial charge on any atom is -0.430 e. The first kappa shape index (κ1) is 8.58. The Balaban J connectivity index is 2.58. The van der Waals surface area contributed by atoms with Crippen LogP contribution in [0.1, 0.15) is 13.8 Å². The third-order valence-corrected chi connectivity index (χ3v) is 1.28. The van der Waals surface area contributed by atoms with Gasteiger partial charge >= 0.3 is 6.01 Å². The van der Waals surface area contributed by atoms with E-state index >= 15 is 0 Å². The smallest absolute Gasteiger partial charge is 0.303 e. The number of rotatable bonds is 2. The molecule has 1 heterocycles. The van der Waals surface area contributed by atoms with Crippen molar-refractivity contribution in [3.8, 4) is 0 Å². The molecule has 0 aliphatic heterocycles. The second-order valence-corrected chi connectivity index (χ2v) is 2.72. The van der Waals surface area contributed by atoms with Gasteiger partial charge in [0.2, 0.25) is 5.91 Å². The lowest BCUT2D eigenvalue weighted by Gasteiger charge is -2.01. The summed E-state index contributed by atoms with van der Waals surface area (Å²) in [6.07, 6.45) is 1.27. The molecule has 0 aromatic carbocycles. The number of nitrogens with zero attached hydrogens (tertiary/aromatic N) is 1.